The third-order valence-corrected chi connectivity index (χ3v) is 4.04. The number of hydrogen-bond donors (Lipinski definition) is 0. The van der Waals surface area contributed by atoms with Gasteiger partial charge in [0.1, 0.15) is 4.32 Å². The summed E-state index contributed by atoms with van der Waals surface area (Å²) in [5.74, 6) is 0.776. The van der Waals surface area contributed by atoms with Crippen LogP contribution in [0, 0.1) is 5.92 Å². The SMILES string of the molecule is C/C=C(\C=CCCC(C)C)N1C(=S)SC1C. The fourth-order valence-corrected chi connectivity index (χ4v) is 3.21. The minimum atomic E-state index is 0.494. The summed E-state index contributed by atoms with van der Waals surface area (Å²) in [5, 5.41) is 0.494. The molecule has 0 aromatic heterocycles. The fraction of sp³-hybridized carbons (Fsp3) is 0.615. The molecule has 1 aliphatic rings. The summed E-state index contributed by atoms with van der Waals surface area (Å²) in [6, 6.07) is 0. The average Bonchev–Trinajstić information content (AvgIpc) is 2.21. The van der Waals surface area contributed by atoms with Crippen LogP contribution in [-0.2, 0) is 0 Å². The summed E-state index contributed by atoms with van der Waals surface area (Å²) in [5.41, 5.74) is 1.24. The third kappa shape index (κ3) is 3.63. The predicted molar refractivity (Wildman–Crippen MR) is 78.5 cm³/mol. The highest BCUT2D eigenvalue weighted by Crippen LogP contribution is 2.35. The van der Waals surface area contributed by atoms with Gasteiger partial charge in [0, 0.05) is 5.70 Å². The quantitative estimate of drug-likeness (QED) is 0.523. The number of nitrogens with zero attached hydrogens (tertiary/aromatic N) is 1. The van der Waals surface area contributed by atoms with Crippen molar-refractivity contribution in [2.75, 3.05) is 0 Å². The van der Waals surface area contributed by atoms with Crippen LogP contribution in [0.2, 0.25) is 0 Å². The predicted octanol–water partition coefficient (Wildman–Crippen LogP) is 4.56. The van der Waals surface area contributed by atoms with E-state index in [4.69, 9.17) is 12.2 Å². The Kier molecular flexibility index (Phi) is 5.56. The van der Waals surface area contributed by atoms with E-state index >= 15 is 0 Å². The minimum Gasteiger partial charge on any atom is -0.315 e. The lowest BCUT2D eigenvalue weighted by Crippen LogP contribution is -2.43. The number of allylic oxidation sites excluding steroid dienone is 3. The molecular weight excluding hydrogens is 234 g/mol. The second kappa shape index (κ2) is 6.45. The highest BCUT2D eigenvalue weighted by atomic mass is 32.2. The van der Waals surface area contributed by atoms with Gasteiger partial charge in [0.05, 0.1) is 5.37 Å². The summed E-state index contributed by atoms with van der Waals surface area (Å²) < 4.78 is 0.995. The molecule has 1 fully saturated rings. The Morgan fingerprint density at radius 3 is 2.69 bits per heavy atom. The van der Waals surface area contributed by atoms with Gasteiger partial charge >= 0.3 is 0 Å². The van der Waals surface area contributed by atoms with E-state index in [1.807, 2.05) is 0 Å². The Morgan fingerprint density at radius 2 is 2.25 bits per heavy atom. The molecule has 1 aliphatic heterocycles. The molecule has 0 spiro atoms. The summed E-state index contributed by atoms with van der Waals surface area (Å²) >= 11 is 7.02. The van der Waals surface area contributed by atoms with Gasteiger partial charge in [0.15, 0.2) is 0 Å². The molecule has 1 nitrogen and oxygen atoms in total. The molecule has 0 bridgehead atoms. The molecule has 1 heterocycles. The van der Waals surface area contributed by atoms with Crippen LogP contribution in [0.25, 0.3) is 0 Å². The molecule has 3 heteroatoms. The molecule has 90 valence electrons. The van der Waals surface area contributed by atoms with Crippen molar-refractivity contribution in [3.8, 4) is 0 Å². The average molecular weight is 255 g/mol. The van der Waals surface area contributed by atoms with Crippen LogP contribution in [-0.4, -0.2) is 14.6 Å². The smallest absolute Gasteiger partial charge is 0.143 e. The summed E-state index contributed by atoms with van der Waals surface area (Å²) in [6.45, 7) is 8.77. The van der Waals surface area contributed by atoms with Crippen LogP contribution in [0.4, 0.5) is 0 Å². The lowest BCUT2D eigenvalue weighted by atomic mass is 10.1. The Bertz CT molecular complexity index is 305. The van der Waals surface area contributed by atoms with Crippen LogP contribution in [0.15, 0.2) is 23.9 Å². The maximum absolute atomic E-state index is 5.26. The first-order valence-electron chi connectivity index (χ1n) is 5.89. The minimum absolute atomic E-state index is 0.494. The van der Waals surface area contributed by atoms with Crippen molar-refractivity contribution in [3.63, 3.8) is 0 Å². The lowest BCUT2D eigenvalue weighted by Gasteiger charge is -2.40. The third-order valence-electron chi connectivity index (χ3n) is 2.60. The van der Waals surface area contributed by atoms with Crippen LogP contribution in [0.3, 0.4) is 0 Å². The first-order valence-corrected chi connectivity index (χ1v) is 7.17. The molecule has 0 saturated carbocycles. The zero-order valence-corrected chi connectivity index (χ0v) is 12.2. The van der Waals surface area contributed by atoms with E-state index in [2.05, 4.69) is 50.8 Å². The van der Waals surface area contributed by atoms with Gasteiger partial charge in [-0.3, -0.25) is 0 Å². The zero-order valence-electron chi connectivity index (χ0n) is 10.6. The lowest BCUT2D eigenvalue weighted by molar-refractivity contribution is 0.515. The highest BCUT2D eigenvalue weighted by Gasteiger charge is 2.31. The van der Waals surface area contributed by atoms with Gasteiger partial charge in [-0.1, -0.05) is 50.0 Å². The first-order chi connectivity index (χ1) is 7.56. The topological polar surface area (TPSA) is 3.24 Å². The first kappa shape index (κ1) is 13.8. The van der Waals surface area contributed by atoms with Crippen LogP contribution in [0.5, 0.6) is 0 Å². The normalized spacial score (nSPS) is 22.1. The molecule has 1 unspecified atom stereocenters. The number of thioether (sulfide) groups is 1. The molecule has 0 aliphatic carbocycles. The van der Waals surface area contributed by atoms with Crippen molar-refractivity contribution in [2.24, 2.45) is 5.92 Å². The molecule has 1 atom stereocenters. The monoisotopic (exact) mass is 255 g/mol. The van der Waals surface area contributed by atoms with Gasteiger partial charge in [-0.05, 0) is 38.7 Å². The Labute approximate surface area is 109 Å². The molecule has 1 rings (SSSR count). The molecular formula is C13H21NS2. The van der Waals surface area contributed by atoms with Gasteiger partial charge in [-0.25, -0.2) is 0 Å². The molecule has 0 N–H and O–H groups in total. The Morgan fingerprint density at radius 1 is 1.56 bits per heavy atom. The van der Waals surface area contributed by atoms with E-state index in [1.165, 1.54) is 12.1 Å². The van der Waals surface area contributed by atoms with E-state index in [1.54, 1.807) is 11.8 Å². The van der Waals surface area contributed by atoms with E-state index in [0.717, 1.165) is 16.7 Å². The van der Waals surface area contributed by atoms with E-state index in [0.29, 0.717) is 5.37 Å². The van der Waals surface area contributed by atoms with Crippen molar-refractivity contribution < 1.29 is 0 Å². The number of thiocarbonyl (C=S) groups is 1. The van der Waals surface area contributed by atoms with Crippen LogP contribution < -0.4 is 0 Å². The van der Waals surface area contributed by atoms with E-state index in [-0.39, 0.29) is 0 Å². The van der Waals surface area contributed by atoms with Gasteiger partial charge < -0.3 is 4.90 Å². The molecule has 1 saturated heterocycles. The zero-order chi connectivity index (χ0) is 12.1. The number of hydrogen-bond acceptors (Lipinski definition) is 2. The molecule has 0 amide bonds. The Balaban J connectivity index is 2.47. The number of rotatable bonds is 5. The molecule has 16 heavy (non-hydrogen) atoms. The standard InChI is InChI=1S/C13H21NS2/c1-5-12(9-7-6-8-10(2)3)14-11(4)16-13(14)15/h5,7,9-11H,6,8H2,1-4H3/b9-7?,12-5+. The van der Waals surface area contributed by atoms with Crippen molar-refractivity contribution in [1.82, 2.24) is 4.90 Å². The molecule has 0 radical (unpaired) electrons. The maximum Gasteiger partial charge on any atom is 0.143 e. The second-order valence-corrected chi connectivity index (χ2v) is 6.39. The summed E-state index contributed by atoms with van der Waals surface area (Å²) in [6.07, 6.45) is 8.99. The van der Waals surface area contributed by atoms with Crippen molar-refractivity contribution >= 4 is 28.3 Å². The van der Waals surface area contributed by atoms with Gasteiger partial charge in [-0.2, -0.15) is 0 Å². The van der Waals surface area contributed by atoms with Crippen LogP contribution in [0.1, 0.15) is 40.5 Å². The summed E-state index contributed by atoms with van der Waals surface area (Å²) in [4.78, 5) is 2.21. The van der Waals surface area contributed by atoms with Gasteiger partial charge in [0.2, 0.25) is 0 Å². The van der Waals surface area contributed by atoms with Crippen molar-refractivity contribution in [2.45, 2.75) is 45.9 Å². The fourth-order valence-electron chi connectivity index (χ4n) is 1.62. The van der Waals surface area contributed by atoms with E-state index in [9.17, 15) is 0 Å². The largest absolute Gasteiger partial charge is 0.315 e. The maximum atomic E-state index is 5.26. The molecule has 0 aromatic carbocycles. The van der Waals surface area contributed by atoms with E-state index < -0.39 is 0 Å². The summed E-state index contributed by atoms with van der Waals surface area (Å²) in [7, 11) is 0. The van der Waals surface area contributed by atoms with Crippen LogP contribution >= 0.6 is 24.0 Å². The van der Waals surface area contributed by atoms with Crippen molar-refractivity contribution in [3.05, 3.63) is 23.9 Å². The van der Waals surface area contributed by atoms with Gasteiger partial charge in [0.25, 0.3) is 0 Å². The Hall–Kier alpha value is -0.280. The van der Waals surface area contributed by atoms with Crippen molar-refractivity contribution in [1.29, 1.82) is 0 Å². The highest BCUT2D eigenvalue weighted by molar-refractivity contribution is 8.25. The second-order valence-electron chi connectivity index (χ2n) is 4.44. The van der Waals surface area contributed by atoms with Gasteiger partial charge in [-0.15, -0.1) is 0 Å². The molecule has 0 aromatic rings.